The van der Waals surface area contributed by atoms with Gasteiger partial charge in [-0.15, -0.1) is 0 Å². The van der Waals surface area contributed by atoms with Crippen molar-refractivity contribution in [3.8, 4) is 0 Å². The predicted octanol–water partition coefficient (Wildman–Crippen LogP) is 2.68. The molecule has 1 rings (SSSR count). The van der Waals surface area contributed by atoms with Gasteiger partial charge in [-0.25, -0.2) is 14.8 Å². The number of hydrogen-bond donors (Lipinski definition) is 0. The number of aromatic nitrogens is 1. The number of carbonyl (C=O) groups is 1. The van der Waals surface area contributed by atoms with Crippen molar-refractivity contribution in [1.82, 2.24) is 4.98 Å². The van der Waals surface area contributed by atoms with Gasteiger partial charge in [-0.05, 0) is 31.6 Å². The minimum Gasteiger partial charge on any atom is -0.463 e. The van der Waals surface area contributed by atoms with Gasteiger partial charge in [0.05, 0.1) is 6.61 Å². The van der Waals surface area contributed by atoms with Gasteiger partial charge in [0.15, 0.2) is 5.82 Å². The van der Waals surface area contributed by atoms with E-state index in [0.29, 0.717) is 24.4 Å². The van der Waals surface area contributed by atoms with Crippen LogP contribution < -0.4 is 0 Å². The number of aliphatic imine (C=N–C) groups is 1. The second-order valence-electron chi connectivity index (χ2n) is 3.23. The quantitative estimate of drug-likeness (QED) is 0.445. The number of esters is 1. The Morgan fingerprint density at radius 1 is 1.47 bits per heavy atom. The van der Waals surface area contributed by atoms with Crippen LogP contribution in [0.15, 0.2) is 41.0 Å². The Bertz CT molecular complexity index is 411. The first kappa shape index (κ1) is 13.1. The molecule has 1 aromatic rings. The van der Waals surface area contributed by atoms with Gasteiger partial charge in [0.1, 0.15) is 0 Å². The maximum atomic E-state index is 11.4. The van der Waals surface area contributed by atoms with Crippen LogP contribution in [0, 0.1) is 0 Å². The Hall–Kier alpha value is -1.97. The smallest absolute Gasteiger partial charge is 0.334 e. The zero-order chi connectivity index (χ0) is 12.5. The van der Waals surface area contributed by atoms with E-state index < -0.39 is 0 Å². The lowest BCUT2D eigenvalue weighted by Gasteiger charge is -2.02. The molecule has 0 fully saturated rings. The summed E-state index contributed by atoms with van der Waals surface area (Å²) >= 11 is 0. The van der Waals surface area contributed by atoms with E-state index >= 15 is 0 Å². The topological polar surface area (TPSA) is 51.5 Å². The monoisotopic (exact) mass is 232 g/mol. The molecule has 1 aromatic heterocycles. The normalized spacial score (nSPS) is 11.8. The molecule has 0 aliphatic heterocycles. The molecule has 0 unspecified atom stereocenters. The molecule has 4 nitrogen and oxygen atoms in total. The number of pyridine rings is 1. The Kier molecular flexibility index (Phi) is 5.64. The molecule has 0 spiro atoms. The van der Waals surface area contributed by atoms with Gasteiger partial charge in [0.2, 0.25) is 0 Å². The Balaban J connectivity index is 2.67. The zero-order valence-corrected chi connectivity index (χ0v) is 10.1. The average molecular weight is 232 g/mol. The van der Waals surface area contributed by atoms with Gasteiger partial charge < -0.3 is 4.74 Å². The fourth-order valence-corrected chi connectivity index (χ4v) is 1.19. The maximum absolute atomic E-state index is 11.4. The lowest BCUT2D eigenvalue weighted by Crippen LogP contribution is -2.07. The number of rotatable bonds is 5. The Morgan fingerprint density at radius 2 is 2.29 bits per heavy atom. The first-order valence-corrected chi connectivity index (χ1v) is 5.59. The van der Waals surface area contributed by atoms with Gasteiger partial charge >= 0.3 is 5.97 Å². The number of carbonyl (C=O) groups excluding carboxylic acids is 1. The molecule has 1 heterocycles. The van der Waals surface area contributed by atoms with E-state index in [4.69, 9.17) is 4.74 Å². The van der Waals surface area contributed by atoms with E-state index in [1.54, 1.807) is 31.5 Å². The minimum atomic E-state index is -0.289. The van der Waals surface area contributed by atoms with Crippen molar-refractivity contribution in [2.45, 2.75) is 20.3 Å². The number of hydrogen-bond acceptors (Lipinski definition) is 4. The standard InChI is InChI=1S/C13H16N2O2/c1-3-11(13(16)17-4-2)8-10-15-12-7-5-6-9-14-12/h5-10H,3-4H2,1-2H3. The number of ether oxygens (including phenoxy) is 1. The minimum absolute atomic E-state index is 0.289. The van der Waals surface area contributed by atoms with Crippen molar-refractivity contribution in [3.05, 3.63) is 36.0 Å². The Morgan fingerprint density at radius 3 is 2.88 bits per heavy atom. The highest BCUT2D eigenvalue weighted by atomic mass is 16.5. The van der Waals surface area contributed by atoms with Gasteiger partial charge in [-0.1, -0.05) is 13.0 Å². The lowest BCUT2D eigenvalue weighted by molar-refractivity contribution is -0.138. The van der Waals surface area contributed by atoms with Crippen LogP contribution in [0.2, 0.25) is 0 Å². The third kappa shape index (κ3) is 4.59. The molecule has 0 atom stereocenters. The molecule has 0 N–H and O–H groups in total. The molecule has 0 aliphatic carbocycles. The SMILES string of the molecule is CCOC(=O)C(=CC=Nc1ccccn1)CC. The van der Waals surface area contributed by atoms with Crippen LogP contribution in [0.5, 0.6) is 0 Å². The fourth-order valence-electron chi connectivity index (χ4n) is 1.19. The molecule has 17 heavy (non-hydrogen) atoms. The molecule has 0 amide bonds. The van der Waals surface area contributed by atoms with Gasteiger partial charge in [0.25, 0.3) is 0 Å². The molecule has 0 saturated heterocycles. The van der Waals surface area contributed by atoms with Crippen molar-refractivity contribution >= 4 is 18.0 Å². The summed E-state index contributed by atoms with van der Waals surface area (Å²) in [5, 5.41) is 0. The molecule has 0 saturated carbocycles. The van der Waals surface area contributed by atoms with Gasteiger partial charge in [0, 0.05) is 18.0 Å². The first-order valence-electron chi connectivity index (χ1n) is 5.59. The molecule has 0 aromatic carbocycles. The van der Waals surface area contributed by atoms with Crippen LogP contribution in [-0.2, 0) is 9.53 Å². The highest BCUT2D eigenvalue weighted by Gasteiger charge is 2.06. The van der Waals surface area contributed by atoms with E-state index in [0.717, 1.165) is 0 Å². The maximum Gasteiger partial charge on any atom is 0.334 e. The molecule has 0 bridgehead atoms. The molecular weight excluding hydrogens is 216 g/mol. The largest absolute Gasteiger partial charge is 0.463 e. The molecular formula is C13H16N2O2. The lowest BCUT2D eigenvalue weighted by atomic mass is 10.2. The van der Waals surface area contributed by atoms with Crippen LogP contribution in [-0.4, -0.2) is 23.8 Å². The van der Waals surface area contributed by atoms with Crippen molar-refractivity contribution in [2.75, 3.05) is 6.61 Å². The average Bonchev–Trinajstić information content (AvgIpc) is 2.36. The molecule has 0 aliphatic rings. The van der Waals surface area contributed by atoms with Crippen molar-refractivity contribution in [1.29, 1.82) is 0 Å². The van der Waals surface area contributed by atoms with E-state index in [2.05, 4.69) is 9.98 Å². The second kappa shape index (κ2) is 7.33. The third-order valence-corrected chi connectivity index (χ3v) is 2.05. The summed E-state index contributed by atoms with van der Waals surface area (Å²) < 4.78 is 4.91. The molecule has 90 valence electrons. The summed E-state index contributed by atoms with van der Waals surface area (Å²) in [5.41, 5.74) is 0.603. The van der Waals surface area contributed by atoms with Crippen LogP contribution >= 0.6 is 0 Å². The summed E-state index contributed by atoms with van der Waals surface area (Å²) in [7, 11) is 0. The Labute approximate surface area is 101 Å². The van der Waals surface area contributed by atoms with Crippen molar-refractivity contribution in [3.63, 3.8) is 0 Å². The number of allylic oxidation sites excluding steroid dienone is 1. The summed E-state index contributed by atoms with van der Waals surface area (Å²) in [6, 6.07) is 5.47. The van der Waals surface area contributed by atoms with E-state index in [9.17, 15) is 4.79 Å². The second-order valence-corrected chi connectivity index (χ2v) is 3.23. The summed E-state index contributed by atoms with van der Waals surface area (Å²) in [6.07, 6.45) is 5.51. The van der Waals surface area contributed by atoms with E-state index in [1.807, 2.05) is 19.1 Å². The van der Waals surface area contributed by atoms with Crippen molar-refractivity contribution in [2.24, 2.45) is 4.99 Å². The third-order valence-electron chi connectivity index (χ3n) is 2.05. The first-order chi connectivity index (χ1) is 8.27. The summed E-state index contributed by atoms with van der Waals surface area (Å²) in [4.78, 5) is 19.6. The van der Waals surface area contributed by atoms with Crippen LogP contribution in [0.3, 0.4) is 0 Å². The predicted molar refractivity (Wildman–Crippen MR) is 67.4 cm³/mol. The summed E-state index contributed by atoms with van der Waals surface area (Å²) in [6.45, 7) is 4.07. The van der Waals surface area contributed by atoms with Gasteiger partial charge in [-0.2, -0.15) is 0 Å². The van der Waals surface area contributed by atoms with Crippen molar-refractivity contribution < 1.29 is 9.53 Å². The van der Waals surface area contributed by atoms with Crippen LogP contribution in [0.25, 0.3) is 0 Å². The van der Waals surface area contributed by atoms with Gasteiger partial charge in [-0.3, -0.25) is 0 Å². The van der Waals surface area contributed by atoms with E-state index in [1.165, 1.54) is 0 Å². The van der Waals surface area contributed by atoms with Crippen LogP contribution in [0.4, 0.5) is 5.82 Å². The fraction of sp³-hybridized carbons (Fsp3) is 0.308. The van der Waals surface area contributed by atoms with E-state index in [-0.39, 0.29) is 5.97 Å². The summed E-state index contributed by atoms with van der Waals surface area (Å²) in [5.74, 6) is 0.325. The zero-order valence-electron chi connectivity index (χ0n) is 10.1. The number of nitrogens with zero attached hydrogens (tertiary/aromatic N) is 2. The highest BCUT2D eigenvalue weighted by molar-refractivity contribution is 5.93. The molecule has 4 heteroatoms. The molecule has 0 radical (unpaired) electrons. The highest BCUT2D eigenvalue weighted by Crippen LogP contribution is 2.06. The van der Waals surface area contributed by atoms with Crippen LogP contribution in [0.1, 0.15) is 20.3 Å².